The van der Waals surface area contributed by atoms with E-state index in [1.807, 2.05) is 18.2 Å². The minimum Gasteiger partial charge on any atom is -0.378 e. The summed E-state index contributed by atoms with van der Waals surface area (Å²) in [4.78, 5) is 31.4. The van der Waals surface area contributed by atoms with Crippen LogP contribution in [0.5, 0.6) is 0 Å². The Balaban J connectivity index is 1.56. The molecule has 2 aliphatic rings. The molecule has 0 spiro atoms. The molecule has 2 aromatic heterocycles. The van der Waals surface area contributed by atoms with E-state index in [0.717, 1.165) is 16.7 Å². The van der Waals surface area contributed by atoms with Crippen LogP contribution in [0.1, 0.15) is 31.8 Å². The fourth-order valence-corrected chi connectivity index (χ4v) is 3.92. The molecule has 8 heteroatoms. The van der Waals surface area contributed by atoms with Crippen molar-refractivity contribution in [2.45, 2.75) is 6.42 Å². The molecule has 1 aliphatic heterocycles. The Hall–Kier alpha value is -3.52. The van der Waals surface area contributed by atoms with Gasteiger partial charge in [0.1, 0.15) is 6.26 Å². The Morgan fingerprint density at radius 2 is 1.97 bits per heavy atom. The maximum atomic E-state index is 12.8. The second kappa shape index (κ2) is 6.82. The van der Waals surface area contributed by atoms with Crippen molar-refractivity contribution in [3.05, 3.63) is 59.0 Å². The zero-order chi connectivity index (χ0) is 20.0. The number of primary amides is 1. The highest BCUT2D eigenvalue weighted by Crippen LogP contribution is 2.39. The topological polar surface area (TPSA) is 112 Å². The van der Waals surface area contributed by atoms with Crippen molar-refractivity contribution in [1.29, 1.82) is 0 Å². The number of amides is 2. The van der Waals surface area contributed by atoms with Gasteiger partial charge in [-0.25, -0.2) is 4.98 Å². The number of rotatable bonds is 3. The third-order valence-electron chi connectivity index (χ3n) is 5.39. The van der Waals surface area contributed by atoms with E-state index in [4.69, 9.17) is 20.0 Å². The van der Waals surface area contributed by atoms with Crippen LogP contribution in [0, 0.1) is 0 Å². The molecule has 1 aromatic carbocycles. The summed E-state index contributed by atoms with van der Waals surface area (Å²) < 4.78 is 10.2. The van der Waals surface area contributed by atoms with E-state index in [9.17, 15) is 9.59 Å². The first kappa shape index (κ1) is 17.6. The predicted molar refractivity (Wildman–Crippen MR) is 103 cm³/mol. The standard InChI is InChI=1S/C21H18N4O4/c22-20(26)17-9-18(14-10-23-29-11-14)24-19-15-2-1-12(7-13(15)8-16(17)19)21(27)25-3-5-28-6-4-25/h1-2,7,9-11H,3-6,8H2,(H2,22,26). The number of morpholine rings is 1. The highest BCUT2D eigenvalue weighted by atomic mass is 16.5. The van der Waals surface area contributed by atoms with Crippen molar-refractivity contribution in [2.24, 2.45) is 5.73 Å². The number of carbonyl (C=O) groups excluding carboxylic acids is 2. The van der Waals surface area contributed by atoms with Crippen LogP contribution in [0.4, 0.5) is 0 Å². The van der Waals surface area contributed by atoms with Gasteiger partial charge in [-0.3, -0.25) is 9.59 Å². The number of carbonyl (C=O) groups is 2. The molecule has 8 nitrogen and oxygen atoms in total. The maximum Gasteiger partial charge on any atom is 0.254 e. The molecule has 0 saturated carbocycles. The first-order chi connectivity index (χ1) is 14.1. The van der Waals surface area contributed by atoms with Crippen LogP contribution in [0.25, 0.3) is 22.5 Å². The molecule has 5 rings (SSSR count). The first-order valence-corrected chi connectivity index (χ1v) is 9.35. The molecule has 29 heavy (non-hydrogen) atoms. The maximum absolute atomic E-state index is 12.8. The number of nitrogens with zero attached hydrogens (tertiary/aromatic N) is 3. The summed E-state index contributed by atoms with van der Waals surface area (Å²) in [6, 6.07) is 7.26. The quantitative estimate of drug-likeness (QED) is 0.572. The van der Waals surface area contributed by atoms with Gasteiger partial charge in [-0.1, -0.05) is 11.2 Å². The molecule has 1 saturated heterocycles. The van der Waals surface area contributed by atoms with Gasteiger partial charge in [0.2, 0.25) is 5.91 Å². The molecule has 0 bridgehead atoms. The zero-order valence-electron chi connectivity index (χ0n) is 15.6. The molecule has 0 radical (unpaired) electrons. The summed E-state index contributed by atoms with van der Waals surface area (Å²) in [5.41, 5.74) is 11.3. The van der Waals surface area contributed by atoms with Crippen molar-refractivity contribution in [2.75, 3.05) is 26.3 Å². The van der Waals surface area contributed by atoms with E-state index in [1.165, 1.54) is 6.26 Å². The lowest BCUT2D eigenvalue weighted by Gasteiger charge is -2.27. The lowest BCUT2D eigenvalue weighted by Crippen LogP contribution is -2.40. The van der Waals surface area contributed by atoms with Crippen LogP contribution in [0.2, 0.25) is 0 Å². The van der Waals surface area contributed by atoms with Crippen LogP contribution in [0.3, 0.4) is 0 Å². The lowest BCUT2D eigenvalue weighted by atomic mass is 10.0. The number of fused-ring (bicyclic) bond motifs is 3. The molecular formula is C21H18N4O4. The number of nitrogens with two attached hydrogens (primary N) is 1. The summed E-state index contributed by atoms with van der Waals surface area (Å²) in [7, 11) is 0. The van der Waals surface area contributed by atoms with Crippen molar-refractivity contribution >= 4 is 11.8 Å². The third kappa shape index (κ3) is 2.98. The molecule has 2 N–H and O–H groups in total. The van der Waals surface area contributed by atoms with E-state index < -0.39 is 5.91 Å². The lowest BCUT2D eigenvalue weighted by molar-refractivity contribution is 0.0303. The van der Waals surface area contributed by atoms with Crippen LogP contribution in [0.15, 0.2) is 41.2 Å². The second-order valence-corrected chi connectivity index (χ2v) is 7.11. The summed E-state index contributed by atoms with van der Waals surface area (Å²) in [5.74, 6) is -0.529. The summed E-state index contributed by atoms with van der Waals surface area (Å²) in [6.45, 7) is 2.29. The van der Waals surface area contributed by atoms with Crippen molar-refractivity contribution in [3.63, 3.8) is 0 Å². The van der Waals surface area contributed by atoms with E-state index in [1.54, 1.807) is 17.2 Å². The Bertz CT molecular complexity index is 1120. The van der Waals surface area contributed by atoms with Crippen LogP contribution < -0.4 is 5.73 Å². The normalized spacial score (nSPS) is 15.1. The van der Waals surface area contributed by atoms with E-state index >= 15 is 0 Å². The van der Waals surface area contributed by atoms with Gasteiger partial charge >= 0.3 is 0 Å². The van der Waals surface area contributed by atoms with Gasteiger partial charge in [0, 0.05) is 36.2 Å². The summed E-state index contributed by atoms with van der Waals surface area (Å²) in [5, 5.41) is 3.70. The van der Waals surface area contributed by atoms with Gasteiger partial charge < -0.3 is 19.9 Å². The second-order valence-electron chi connectivity index (χ2n) is 7.11. The Kier molecular flexibility index (Phi) is 4.13. The molecular weight excluding hydrogens is 372 g/mol. The van der Waals surface area contributed by atoms with Gasteiger partial charge in [-0.15, -0.1) is 0 Å². The zero-order valence-corrected chi connectivity index (χ0v) is 15.6. The Morgan fingerprint density at radius 1 is 1.14 bits per heavy atom. The largest absolute Gasteiger partial charge is 0.378 e. The first-order valence-electron chi connectivity index (χ1n) is 9.35. The highest BCUT2D eigenvalue weighted by molar-refractivity contribution is 6.00. The molecule has 3 heterocycles. The average molecular weight is 390 g/mol. The minimum absolute atomic E-state index is 0.0136. The van der Waals surface area contributed by atoms with Gasteiger partial charge in [0.15, 0.2) is 0 Å². The number of benzene rings is 1. The Labute approximate surface area is 166 Å². The van der Waals surface area contributed by atoms with Crippen LogP contribution >= 0.6 is 0 Å². The number of hydrogen-bond donors (Lipinski definition) is 1. The molecule has 2 amide bonds. The molecule has 0 atom stereocenters. The van der Waals surface area contributed by atoms with Crippen molar-refractivity contribution in [3.8, 4) is 22.5 Å². The molecule has 1 aliphatic carbocycles. The van der Waals surface area contributed by atoms with Gasteiger partial charge in [-0.05, 0) is 29.3 Å². The fraction of sp³-hybridized carbons (Fsp3) is 0.238. The van der Waals surface area contributed by atoms with Crippen LogP contribution in [-0.2, 0) is 11.2 Å². The minimum atomic E-state index is -0.515. The van der Waals surface area contributed by atoms with Gasteiger partial charge in [0.05, 0.1) is 36.4 Å². The average Bonchev–Trinajstić information content (AvgIpc) is 3.40. The van der Waals surface area contributed by atoms with E-state index in [0.29, 0.717) is 60.8 Å². The SMILES string of the molecule is NC(=O)c1cc(-c2cnoc2)nc2c1Cc1cc(C(=O)N3CCOCC3)ccc1-2. The molecule has 146 valence electrons. The monoisotopic (exact) mass is 390 g/mol. The third-order valence-corrected chi connectivity index (χ3v) is 5.39. The number of pyridine rings is 1. The van der Waals surface area contributed by atoms with Gasteiger partial charge in [-0.2, -0.15) is 0 Å². The van der Waals surface area contributed by atoms with E-state index in [2.05, 4.69) is 5.16 Å². The number of ether oxygens (including phenoxy) is 1. The van der Waals surface area contributed by atoms with Gasteiger partial charge in [0.25, 0.3) is 5.91 Å². The van der Waals surface area contributed by atoms with Crippen LogP contribution in [-0.4, -0.2) is 53.2 Å². The number of aromatic nitrogens is 2. The smallest absolute Gasteiger partial charge is 0.254 e. The number of hydrogen-bond acceptors (Lipinski definition) is 6. The van der Waals surface area contributed by atoms with Crippen molar-refractivity contribution in [1.82, 2.24) is 15.0 Å². The predicted octanol–water partition coefficient (Wildman–Crippen LogP) is 1.88. The Morgan fingerprint density at radius 3 is 2.69 bits per heavy atom. The highest BCUT2D eigenvalue weighted by Gasteiger charge is 2.28. The molecule has 3 aromatic rings. The van der Waals surface area contributed by atoms with Crippen molar-refractivity contribution < 1.29 is 18.8 Å². The summed E-state index contributed by atoms with van der Waals surface area (Å²) in [6.07, 6.45) is 3.52. The van der Waals surface area contributed by atoms with E-state index in [-0.39, 0.29) is 5.91 Å². The molecule has 1 fully saturated rings. The fourth-order valence-electron chi connectivity index (χ4n) is 3.92. The molecule has 0 unspecified atom stereocenters. The summed E-state index contributed by atoms with van der Waals surface area (Å²) >= 11 is 0.